The van der Waals surface area contributed by atoms with E-state index in [2.05, 4.69) is 31.5 Å². The highest BCUT2D eigenvalue weighted by Gasteiger charge is 2.18. The van der Waals surface area contributed by atoms with Gasteiger partial charge in [0.2, 0.25) is 0 Å². The van der Waals surface area contributed by atoms with Crippen molar-refractivity contribution >= 4 is 34.5 Å². The lowest BCUT2D eigenvalue weighted by atomic mass is 10.1. The second kappa shape index (κ2) is 6.90. The van der Waals surface area contributed by atoms with Gasteiger partial charge < -0.3 is 5.32 Å². The molecule has 108 valence electrons. The van der Waals surface area contributed by atoms with Gasteiger partial charge >= 0.3 is 0 Å². The quantitative estimate of drug-likeness (QED) is 0.808. The Hall–Kier alpha value is -0.610. The number of nitrogens with one attached hydrogen (secondary N) is 1. The molecular weight excluding hydrogens is 311 g/mol. The topological polar surface area (TPSA) is 24.9 Å². The molecule has 20 heavy (non-hydrogen) atoms. The molecule has 1 aromatic heterocycles. The maximum absolute atomic E-state index is 6.11. The summed E-state index contributed by atoms with van der Waals surface area (Å²) in [5.41, 5.74) is 2.18. The zero-order valence-corrected chi connectivity index (χ0v) is 14.1. The van der Waals surface area contributed by atoms with Gasteiger partial charge in [-0.2, -0.15) is 0 Å². The Morgan fingerprint density at radius 3 is 2.35 bits per heavy atom. The molecule has 0 fully saturated rings. The van der Waals surface area contributed by atoms with Crippen LogP contribution in [0.1, 0.15) is 49.0 Å². The Kier molecular flexibility index (Phi) is 5.44. The van der Waals surface area contributed by atoms with E-state index in [-0.39, 0.29) is 6.04 Å². The molecule has 1 aromatic carbocycles. The van der Waals surface area contributed by atoms with Crippen molar-refractivity contribution in [3.63, 3.8) is 0 Å². The molecule has 2 rings (SSSR count). The van der Waals surface area contributed by atoms with E-state index in [1.807, 2.05) is 12.1 Å². The largest absolute Gasteiger partial charge is 0.305 e. The second-order valence-electron chi connectivity index (χ2n) is 4.96. The van der Waals surface area contributed by atoms with Crippen LogP contribution in [0.3, 0.4) is 0 Å². The van der Waals surface area contributed by atoms with E-state index in [0.717, 1.165) is 22.8 Å². The first-order valence-corrected chi connectivity index (χ1v) is 8.29. The summed E-state index contributed by atoms with van der Waals surface area (Å²) in [6.45, 7) is 7.23. The molecule has 1 heterocycles. The molecule has 2 aromatic rings. The number of hydrogen-bond donors (Lipinski definition) is 1. The molecule has 1 unspecified atom stereocenters. The predicted octanol–water partition coefficient (Wildman–Crippen LogP) is 5.27. The van der Waals surface area contributed by atoms with Crippen molar-refractivity contribution in [2.45, 2.75) is 32.7 Å². The van der Waals surface area contributed by atoms with E-state index in [0.29, 0.717) is 16.0 Å². The van der Waals surface area contributed by atoms with Crippen LogP contribution in [0.4, 0.5) is 0 Å². The van der Waals surface area contributed by atoms with Gasteiger partial charge in [0.15, 0.2) is 0 Å². The number of thiazole rings is 1. The lowest BCUT2D eigenvalue weighted by molar-refractivity contribution is 0.623. The van der Waals surface area contributed by atoms with E-state index in [9.17, 15) is 0 Å². The van der Waals surface area contributed by atoms with Gasteiger partial charge in [-0.15, -0.1) is 11.3 Å². The lowest BCUT2D eigenvalue weighted by Crippen LogP contribution is -2.22. The summed E-state index contributed by atoms with van der Waals surface area (Å²) in [6.07, 6.45) is 0. The first kappa shape index (κ1) is 15.8. The summed E-state index contributed by atoms with van der Waals surface area (Å²) in [5.74, 6) is 0.435. The summed E-state index contributed by atoms with van der Waals surface area (Å²) in [4.78, 5) is 4.73. The van der Waals surface area contributed by atoms with E-state index >= 15 is 0 Å². The smallest absolute Gasteiger partial charge is 0.114 e. The van der Waals surface area contributed by atoms with Gasteiger partial charge in [-0.1, -0.05) is 44.0 Å². The van der Waals surface area contributed by atoms with Crippen molar-refractivity contribution in [1.29, 1.82) is 0 Å². The average Bonchev–Trinajstić information content (AvgIpc) is 2.84. The van der Waals surface area contributed by atoms with Crippen LogP contribution in [0, 0.1) is 0 Å². The Bertz CT molecular complexity index is 561. The van der Waals surface area contributed by atoms with Gasteiger partial charge in [-0.25, -0.2) is 4.98 Å². The fourth-order valence-corrected chi connectivity index (χ4v) is 3.62. The summed E-state index contributed by atoms with van der Waals surface area (Å²) in [6, 6.07) is 5.67. The molecule has 0 amide bonds. The highest BCUT2D eigenvalue weighted by atomic mass is 35.5. The minimum absolute atomic E-state index is 0.0358. The van der Waals surface area contributed by atoms with Gasteiger partial charge in [0, 0.05) is 15.4 Å². The van der Waals surface area contributed by atoms with Gasteiger partial charge in [0.1, 0.15) is 5.01 Å². The average molecular weight is 329 g/mol. The second-order valence-corrected chi connectivity index (χ2v) is 6.72. The van der Waals surface area contributed by atoms with Crippen LogP contribution in [0.2, 0.25) is 10.0 Å². The Balaban J connectivity index is 2.38. The van der Waals surface area contributed by atoms with E-state index in [4.69, 9.17) is 28.2 Å². The van der Waals surface area contributed by atoms with Crippen molar-refractivity contribution in [2.75, 3.05) is 6.54 Å². The fraction of sp³-hybridized carbons (Fsp3) is 0.400. The van der Waals surface area contributed by atoms with Gasteiger partial charge in [-0.3, -0.25) is 0 Å². The van der Waals surface area contributed by atoms with Crippen LogP contribution in [0.5, 0.6) is 0 Å². The summed E-state index contributed by atoms with van der Waals surface area (Å²) in [5, 5.41) is 7.92. The molecule has 0 bridgehead atoms. The molecule has 1 atom stereocenters. The van der Waals surface area contributed by atoms with Gasteiger partial charge in [0.05, 0.1) is 11.7 Å². The van der Waals surface area contributed by atoms with Crippen molar-refractivity contribution in [1.82, 2.24) is 10.3 Å². The van der Waals surface area contributed by atoms with Gasteiger partial charge in [-0.05, 0) is 36.2 Å². The van der Waals surface area contributed by atoms with E-state index in [1.54, 1.807) is 17.4 Å². The number of aromatic nitrogens is 1. The number of nitrogens with zero attached hydrogens (tertiary/aromatic N) is 1. The highest BCUT2D eigenvalue weighted by molar-refractivity contribution is 7.09. The van der Waals surface area contributed by atoms with E-state index < -0.39 is 0 Å². The molecule has 0 spiro atoms. The standard InChI is InChI=1S/C15H18Cl2N2S/c1-4-18-14(10-5-11(16)7-12(17)6-10)15-19-13(8-20-15)9(2)3/h5-9,14,18H,4H2,1-3H3. The SMILES string of the molecule is CCNC(c1cc(Cl)cc(Cl)c1)c1nc(C(C)C)cs1. The molecule has 0 saturated carbocycles. The van der Waals surface area contributed by atoms with Crippen LogP contribution in [-0.2, 0) is 0 Å². The molecule has 5 heteroatoms. The van der Waals surface area contributed by atoms with Crippen LogP contribution >= 0.6 is 34.5 Å². The zero-order valence-electron chi connectivity index (χ0n) is 11.8. The molecule has 0 aliphatic heterocycles. The van der Waals surface area contributed by atoms with Crippen LogP contribution in [0.15, 0.2) is 23.6 Å². The fourth-order valence-electron chi connectivity index (χ4n) is 1.99. The third-order valence-corrected chi connectivity index (χ3v) is 4.37. The zero-order chi connectivity index (χ0) is 14.7. The third-order valence-electron chi connectivity index (χ3n) is 3.00. The molecule has 1 N–H and O–H groups in total. The van der Waals surface area contributed by atoms with E-state index in [1.165, 1.54) is 0 Å². The summed E-state index contributed by atoms with van der Waals surface area (Å²) in [7, 11) is 0. The van der Waals surface area contributed by atoms with Crippen molar-refractivity contribution in [3.8, 4) is 0 Å². The van der Waals surface area contributed by atoms with Crippen LogP contribution < -0.4 is 5.32 Å². The maximum Gasteiger partial charge on any atom is 0.114 e. The Labute approximate surface area is 134 Å². The molecular formula is C15H18Cl2N2S. The van der Waals surface area contributed by atoms with Crippen LogP contribution in [0.25, 0.3) is 0 Å². The summed E-state index contributed by atoms with van der Waals surface area (Å²) >= 11 is 13.9. The predicted molar refractivity (Wildman–Crippen MR) is 88.2 cm³/mol. The number of halogens is 2. The number of benzene rings is 1. The number of hydrogen-bond acceptors (Lipinski definition) is 3. The Morgan fingerprint density at radius 1 is 1.20 bits per heavy atom. The van der Waals surface area contributed by atoms with Gasteiger partial charge in [0.25, 0.3) is 0 Å². The van der Waals surface area contributed by atoms with Crippen molar-refractivity contribution in [3.05, 3.63) is 49.9 Å². The third kappa shape index (κ3) is 3.73. The van der Waals surface area contributed by atoms with Crippen molar-refractivity contribution in [2.24, 2.45) is 0 Å². The molecule has 0 saturated heterocycles. The normalized spacial score (nSPS) is 12.9. The monoisotopic (exact) mass is 328 g/mol. The Morgan fingerprint density at radius 2 is 1.85 bits per heavy atom. The molecule has 0 aliphatic rings. The lowest BCUT2D eigenvalue weighted by Gasteiger charge is -2.16. The molecule has 0 aliphatic carbocycles. The summed E-state index contributed by atoms with van der Waals surface area (Å²) < 4.78 is 0. The maximum atomic E-state index is 6.11. The van der Waals surface area contributed by atoms with Crippen LogP contribution in [-0.4, -0.2) is 11.5 Å². The first-order chi connectivity index (χ1) is 9.51. The molecule has 0 radical (unpaired) electrons. The first-order valence-electron chi connectivity index (χ1n) is 6.66. The minimum atomic E-state index is 0.0358. The molecule has 2 nitrogen and oxygen atoms in total. The minimum Gasteiger partial charge on any atom is -0.305 e. The highest BCUT2D eigenvalue weighted by Crippen LogP contribution is 2.30. The number of rotatable bonds is 5. The van der Waals surface area contributed by atoms with Crippen molar-refractivity contribution < 1.29 is 0 Å².